The molecule has 3 nitrogen and oxygen atoms in total. The summed E-state index contributed by atoms with van der Waals surface area (Å²) in [7, 11) is 0. The van der Waals surface area contributed by atoms with Crippen molar-refractivity contribution in [2.75, 3.05) is 0 Å². The molecule has 0 fully saturated rings. The van der Waals surface area contributed by atoms with Gasteiger partial charge in [0.1, 0.15) is 0 Å². The number of carboxylic acids is 1. The standard InChI is InChI=1S/C9H11NO2/c1-7(6-9(11)12)8-4-2-3-5-10-8/h2-5,7H,6H2,1H3,(H,11,12)/t7-/m1/s1. The lowest BCUT2D eigenvalue weighted by Crippen LogP contribution is -2.03. The SMILES string of the molecule is C[C@H](CC(=O)O)c1ccccn1. The molecule has 0 saturated carbocycles. The van der Waals surface area contributed by atoms with Crippen LogP contribution in [0, 0.1) is 0 Å². The minimum Gasteiger partial charge on any atom is -0.481 e. The maximum absolute atomic E-state index is 10.4. The summed E-state index contributed by atoms with van der Waals surface area (Å²) in [5.74, 6) is -0.795. The van der Waals surface area contributed by atoms with Crippen molar-refractivity contribution >= 4 is 5.97 Å². The molecule has 0 spiro atoms. The van der Waals surface area contributed by atoms with Gasteiger partial charge in [-0.05, 0) is 12.1 Å². The van der Waals surface area contributed by atoms with Gasteiger partial charge in [-0.25, -0.2) is 0 Å². The van der Waals surface area contributed by atoms with Crippen molar-refractivity contribution in [3.8, 4) is 0 Å². The molecule has 12 heavy (non-hydrogen) atoms. The monoisotopic (exact) mass is 165 g/mol. The Kier molecular flexibility index (Phi) is 2.80. The normalized spacial score (nSPS) is 12.4. The summed E-state index contributed by atoms with van der Waals surface area (Å²) in [6, 6.07) is 5.52. The number of aromatic nitrogens is 1. The summed E-state index contributed by atoms with van der Waals surface area (Å²) in [5, 5.41) is 8.52. The van der Waals surface area contributed by atoms with Gasteiger partial charge in [-0.2, -0.15) is 0 Å². The molecule has 1 heterocycles. The number of carbonyl (C=O) groups is 1. The highest BCUT2D eigenvalue weighted by molar-refractivity contribution is 5.67. The highest BCUT2D eigenvalue weighted by atomic mass is 16.4. The second-order valence-electron chi connectivity index (χ2n) is 2.75. The van der Waals surface area contributed by atoms with Crippen LogP contribution < -0.4 is 0 Å². The Bertz CT molecular complexity index is 258. The molecule has 0 aliphatic rings. The van der Waals surface area contributed by atoms with E-state index in [2.05, 4.69) is 4.98 Å². The van der Waals surface area contributed by atoms with E-state index in [0.717, 1.165) is 5.69 Å². The predicted molar refractivity (Wildman–Crippen MR) is 44.9 cm³/mol. The van der Waals surface area contributed by atoms with Gasteiger partial charge in [-0.15, -0.1) is 0 Å². The molecule has 0 aliphatic carbocycles. The first-order chi connectivity index (χ1) is 5.70. The number of nitrogens with zero attached hydrogens (tertiary/aromatic N) is 1. The van der Waals surface area contributed by atoms with Crippen molar-refractivity contribution < 1.29 is 9.90 Å². The smallest absolute Gasteiger partial charge is 0.304 e. The van der Waals surface area contributed by atoms with Gasteiger partial charge in [0, 0.05) is 17.8 Å². The van der Waals surface area contributed by atoms with Gasteiger partial charge < -0.3 is 5.11 Å². The van der Waals surface area contributed by atoms with Crippen LogP contribution in [0.15, 0.2) is 24.4 Å². The fourth-order valence-electron chi connectivity index (χ4n) is 1.03. The van der Waals surface area contributed by atoms with Crippen LogP contribution >= 0.6 is 0 Å². The van der Waals surface area contributed by atoms with Crippen LogP contribution in [0.3, 0.4) is 0 Å². The topological polar surface area (TPSA) is 50.2 Å². The van der Waals surface area contributed by atoms with Gasteiger partial charge in [-0.1, -0.05) is 13.0 Å². The molecular formula is C9H11NO2. The van der Waals surface area contributed by atoms with Crippen LogP contribution in [0.25, 0.3) is 0 Å². The molecule has 64 valence electrons. The van der Waals surface area contributed by atoms with E-state index in [1.807, 2.05) is 25.1 Å². The Labute approximate surface area is 71.1 Å². The van der Waals surface area contributed by atoms with Crippen molar-refractivity contribution in [2.45, 2.75) is 19.3 Å². The first-order valence-electron chi connectivity index (χ1n) is 3.83. The summed E-state index contributed by atoms with van der Waals surface area (Å²) in [6.45, 7) is 1.86. The zero-order chi connectivity index (χ0) is 8.97. The minimum atomic E-state index is -0.784. The molecule has 0 bridgehead atoms. The third-order valence-electron chi connectivity index (χ3n) is 1.67. The number of hydrogen-bond donors (Lipinski definition) is 1. The number of aliphatic carboxylic acids is 1. The molecule has 0 amide bonds. The highest BCUT2D eigenvalue weighted by Gasteiger charge is 2.09. The fraction of sp³-hybridized carbons (Fsp3) is 0.333. The fourth-order valence-corrected chi connectivity index (χ4v) is 1.03. The van der Waals surface area contributed by atoms with E-state index >= 15 is 0 Å². The van der Waals surface area contributed by atoms with Crippen molar-refractivity contribution in [3.05, 3.63) is 30.1 Å². The lowest BCUT2D eigenvalue weighted by molar-refractivity contribution is -0.137. The second kappa shape index (κ2) is 3.85. The van der Waals surface area contributed by atoms with Crippen LogP contribution in [-0.4, -0.2) is 16.1 Å². The summed E-state index contributed by atoms with van der Waals surface area (Å²) in [5.41, 5.74) is 0.833. The molecule has 1 aromatic heterocycles. The lowest BCUT2D eigenvalue weighted by atomic mass is 10.0. The van der Waals surface area contributed by atoms with E-state index in [9.17, 15) is 4.79 Å². The minimum absolute atomic E-state index is 0.0105. The van der Waals surface area contributed by atoms with E-state index in [4.69, 9.17) is 5.11 Å². The van der Waals surface area contributed by atoms with E-state index in [-0.39, 0.29) is 12.3 Å². The first kappa shape index (κ1) is 8.71. The Hall–Kier alpha value is -1.38. The average Bonchev–Trinajstić information content (AvgIpc) is 2.05. The lowest BCUT2D eigenvalue weighted by Gasteiger charge is -2.06. The van der Waals surface area contributed by atoms with Crippen molar-refractivity contribution in [1.29, 1.82) is 0 Å². The van der Waals surface area contributed by atoms with Crippen molar-refractivity contribution in [2.24, 2.45) is 0 Å². The molecule has 0 unspecified atom stereocenters. The Morgan fingerprint density at radius 1 is 1.67 bits per heavy atom. The summed E-state index contributed by atoms with van der Waals surface area (Å²) in [4.78, 5) is 14.4. The quantitative estimate of drug-likeness (QED) is 0.741. The Morgan fingerprint density at radius 3 is 2.92 bits per heavy atom. The van der Waals surface area contributed by atoms with Crippen molar-refractivity contribution in [3.63, 3.8) is 0 Å². The first-order valence-corrected chi connectivity index (χ1v) is 3.83. The summed E-state index contributed by atoms with van der Waals surface area (Å²) in [6.07, 6.45) is 1.81. The predicted octanol–water partition coefficient (Wildman–Crippen LogP) is 1.66. The largest absolute Gasteiger partial charge is 0.481 e. The van der Waals surface area contributed by atoms with Crippen LogP contribution in [0.5, 0.6) is 0 Å². The van der Waals surface area contributed by atoms with E-state index in [0.29, 0.717) is 0 Å². The van der Waals surface area contributed by atoms with Crippen LogP contribution in [0.2, 0.25) is 0 Å². The number of pyridine rings is 1. The molecular weight excluding hydrogens is 154 g/mol. The molecule has 3 heteroatoms. The van der Waals surface area contributed by atoms with E-state index in [1.54, 1.807) is 6.20 Å². The van der Waals surface area contributed by atoms with Gasteiger partial charge in [0.25, 0.3) is 0 Å². The third kappa shape index (κ3) is 2.34. The zero-order valence-corrected chi connectivity index (χ0v) is 6.90. The molecule has 1 atom stereocenters. The second-order valence-corrected chi connectivity index (χ2v) is 2.75. The van der Waals surface area contributed by atoms with Gasteiger partial charge in [0.2, 0.25) is 0 Å². The van der Waals surface area contributed by atoms with Crippen molar-refractivity contribution in [1.82, 2.24) is 4.98 Å². The Morgan fingerprint density at radius 2 is 2.42 bits per heavy atom. The molecule has 0 saturated heterocycles. The maximum Gasteiger partial charge on any atom is 0.304 e. The van der Waals surface area contributed by atoms with Gasteiger partial charge in [0.15, 0.2) is 0 Å². The molecule has 1 aromatic rings. The number of rotatable bonds is 3. The van der Waals surface area contributed by atoms with Crippen LogP contribution in [0.1, 0.15) is 25.0 Å². The summed E-state index contributed by atoms with van der Waals surface area (Å²) >= 11 is 0. The van der Waals surface area contributed by atoms with E-state index in [1.165, 1.54) is 0 Å². The third-order valence-corrected chi connectivity index (χ3v) is 1.67. The molecule has 0 radical (unpaired) electrons. The molecule has 0 aliphatic heterocycles. The molecule has 1 N–H and O–H groups in total. The number of carboxylic acid groups (broad SMARTS) is 1. The maximum atomic E-state index is 10.4. The van der Waals surface area contributed by atoms with Crippen LogP contribution in [-0.2, 0) is 4.79 Å². The highest BCUT2D eigenvalue weighted by Crippen LogP contribution is 2.15. The molecule has 1 rings (SSSR count). The average molecular weight is 165 g/mol. The van der Waals surface area contributed by atoms with Gasteiger partial charge in [0.05, 0.1) is 6.42 Å². The van der Waals surface area contributed by atoms with Crippen LogP contribution in [0.4, 0.5) is 0 Å². The number of hydrogen-bond acceptors (Lipinski definition) is 2. The molecule has 0 aromatic carbocycles. The summed E-state index contributed by atoms with van der Waals surface area (Å²) < 4.78 is 0. The van der Waals surface area contributed by atoms with Gasteiger partial charge in [-0.3, -0.25) is 9.78 Å². The Balaban J connectivity index is 2.65. The van der Waals surface area contributed by atoms with E-state index < -0.39 is 5.97 Å². The zero-order valence-electron chi connectivity index (χ0n) is 6.90. The van der Waals surface area contributed by atoms with Gasteiger partial charge >= 0.3 is 5.97 Å².